The van der Waals surface area contributed by atoms with Gasteiger partial charge in [0.25, 0.3) is 0 Å². The standard InChI is InChI=1S/C11H8ClFN2O/c1-16-9-3-2-7(6-8(9)13)11-14-5-4-10(12)15-11/h2-6H,1H3. The Morgan fingerprint density at radius 3 is 2.75 bits per heavy atom. The van der Waals surface area contributed by atoms with Gasteiger partial charge in [0.1, 0.15) is 5.15 Å². The SMILES string of the molecule is COc1ccc(-c2nccc(Cl)n2)cc1F. The molecule has 0 saturated heterocycles. The first kappa shape index (κ1) is 10.8. The predicted octanol–water partition coefficient (Wildman–Crippen LogP) is 2.94. The van der Waals surface area contributed by atoms with Gasteiger partial charge in [0.2, 0.25) is 0 Å². The van der Waals surface area contributed by atoms with Crippen LogP contribution in [-0.4, -0.2) is 17.1 Å². The molecule has 0 fully saturated rings. The molecule has 1 heterocycles. The molecule has 0 unspecified atom stereocenters. The van der Waals surface area contributed by atoms with E-state index in [4.69, 9.17) is 16.3 Å². The Labute approximate surface area is 96.9 Å². The summed E-state index contributed by atoms with van der Waals surface area (Å²) in [6.07, 6.45) is 1.52. The van der Waals surface area contributed by atoms with Gasteiger partial charge in [0, 0.05) is 11.8 Å². The Kier molecular flexibility index (Phi) is 3.01. The van der Waals surface area contributed by atoms with Crippen LogP contribution in [0.4, 0.5) is 4.39 Å². The van der Waals surface area contributed by atoms with Crippen LogP contribution in [0.5, 0.6) is 5.75 Å². The summed E-state index contributed by atoms with van der Waals surface area (Å²) in [4.78, 5) is 7.99. The fourth-order valence-electron chi connectivity index (χ4n) is 1.28. The Bertz CT molecular complexity index is 519. The molecule has 0 aliphatic carbocycles. The summed E-state index contributed by atoms with van der Waals surface area (Å²) < 4.78 is 18.2. The number of methoxy groups -OCH3 is 1. The van der Waals surface area contributed by atoms with Crippen molar-refractivity contribution in [1.29, 1.82) is 0 Å². The molecule has 2 rings (SSSR count). The molecule has 1 aromatic heterocycles. The summed E-state index contributed by atoms with van der Waals surface area (Å²) in [5.41, 5.74) is 0.556. The Morgan fingerprint density at radius 2 is 2.12 bits per heavy atom. The van der Waals surface area contributed by atoms with Gasteiger partial charge in [0.15, 0.2) is 17.4 Å². The van der Waals surface area contributed by atoms with Crippen LogP contribution in [0.25, 0.3) is 11.4 Å². The summed E-state index contributed by atoms with van der Waals surface area (Å²) in [6, 6.07) is 6.07. The minimum absolute atomic E-state index is 0.186. The van der Waals surface area contributed by atoms with Crippen molar-refractivity contribution < 1.29 is 9.13 Å². The van der Waals surface area contributed by atoms with Crippen molar-refractivity contribution in [3.8, 4) is 17.1 Å². The second-order valence-corrected chi connectivity index (χ2v) is 3.44. The van der Waals surface area contributed by atoms with Gasteiger partial charge in [-0.3, -0.25) is 0 Å². The van der Waals surface area contributed by atoms with Crippen LogP contribution in [-0.2, 0) is 0 Å². The van der Waals surface area contributed by atoms with Gasteiger partial charge in [0.05, 0.1) is 7.11 Å². The first-order valence-corrected chi connectivity index (χ1v) is 4.91. The Balaban J connectivity index is 2.45. The lowest BCUT2D eigenvalue weighted by Crippen LogP contribution is -1.92. The van der Waals surface area contributed by atoms with Crippen LogP contribution in [0.2, 0.25) is 5.15 Å². The van der Waals surface area contributed by atoms with Crippen molar-refractivity contribution >= 4 is 11.6 Å². The van der Waals surface area contributed by atoms with E-state index in [0.717, 1.165) is 0 Å². The van der Waals surface area contributed by atoms with Gasteiger partial charge >= 0.3 is 0 Å². The van der Waals surface area contributed by atoms with Crippen LogP contribution in [0.3, 0.4) is 0 Å². The zero-order valence-electron chi connectivity index (χ0n) is 8.45. The number of benzene rings is 1. The van der Waals surface area contributed by atoms with Gasteiger partial charge in [-0.05, 0) is 24.3 Å². The molecule has 0 spiro atoms. The number of hydrogen-bond acceptors (Lipinski definition) is 3. The minimum atomic E-state index is -0.455. The number of rotatable bonds is 2. The number of nitrogens with zero attached hydrogens (tertiary/aromatic N) is 2. The molecule has 0 amide bonds. The van der Waals surface area contributed by atoms with Crippen LogP contribution in [0.15, 0.2) is 30.5 Å². The molecule has 0 aliphatic heterocycles. The fraction of sp³-hybridized carbons (Fsp3) is 0.0909. The first-order valence-electron chi connectivity index (χ1n) is 4.53. The molecule has 0 aliphatic rings. The van der Waals surface area contributed by atoms with Crippen LogP contribution < -0.4 is 4.74 Å². The van der Waals surface area contributed by atoms with Crippen molar-refractivity contribution in [2.45, 2.75) is 0 Å². The predicted molar refractivity (Wildman–Crippen MR) is 59.0 cm³/mol. The molecular weight excluding hydrogens is 231 g/mol. The summed E-state index contributed by atoms with van der Waals surface area (Å²) in [5, 5.41) is 0.321. The van der Waals surface area contributed by atoms with Gasteiger partial charge in [-0.1, -0.05) is 11.6 Å². The molecular formula is C11H8ClFN2O. The van der Waals surface area contributed by atoms with Crippen molar-refractivity contribution in [1.82, 2.24) is 9.97 Å². The third kappa shape index (κ3) is 2.12. The summed E-state index contributed by atoms with van der Waals surface area (Å²) >= 11 is 5.72. The first-order chi connectivity index (χ1) is 7.70. The maximum absolute atomic E-state index is 13.4. The molecule has 1 aromatic carbocycles. The fourth-order valence-corrected chi connectivity index (χ4v) is 1.42. The molecule has 0 saturated carbocycles. The largest absolute Gasteiger partial charge is 0.494 e. The molecule has 0 N–H and O–H groups in total. The molecule has 0 bridgehead atoms. The van der Waals surface area contributed by atoms with E-state index in [2.05, 4.69) is 9.97 Å². The zero-order valence-corrected chi connectivity index (χ0v) is 9.20. The maximum Gasteiger partial charge on any atom is 0.165 e. The average Bonchev–Trinajstić information content (AvgIpc) is 2.29. The lowest BCUT2D eigenvalue weighted by molar-refractivity contribution is 0.386. The topological polar surface area (TPSA) is 35.0 Å². The highest BCUT2D eigenvalue weighted by molar-refractivity contribution is 6.29. The second-order valence-electron chi connectivity index (χ2n) is 3.05. The second kappa shape index (κ2) is 4.45. The van der Waals surface area contributed by atoms with Gasteiger partial charge in [-0.2, -0.15) is 0 Å². The zero-order chi connectivity index (χ0) is 11.5. The van der Waals surface area contributed by atoms with Crippen molar-refractivity contribution in [3.63, 3.8) is 0 Å². The number of ether oxygens (including phenoxy) is 1. The van der Waals surface area contributed by atoms with Gasteiger partial charge in [-0.25, -0.2) is 14.4 Å². The van der Waals surface area contributed by atoms with E-state index in [9.17, 15) is 4.39 Å². The maximum atomic E-state index is 13.4. The van der Waals surface area contributed by atoms with E-state index >= 15 is 0 Å². The quantitative estimate of drug-likeness (QED) is 0.755. The van der Waals surface area contributed by atoms with Crippen LogP contribution in [0, 0.1) is 5.82 Å². The normalized spacial score (nSPS) is 10.2. The van der Waals surface area contributed by atoms with Crippen molar-refractivity contribution in [2.75, 3.05) is 7.11 Å². The van der Waals surface area contributed by atoms with E-state index in [1.54, 1.807) is 12.1 Å². The third-order valence-corrected chi connectivity index (χ3v) is 2.24. The molecule has 2 aromatic rings. The molecule has 3 nitrogen and oxygen atoms in total. The molecule has 82 valence electrons. The van der Waals surface area contributed by atoms with E-state index in [1.807, 2.05) is 0 Å². The van der Waals surface area contributed by atoms with Crippen LogP contribution in [0.1, 0.15) is 0 Å². The van der Waals surface area contributed by atoms with Crippen molar-refractivity contribution in [2.24, 2.45) is 0 Å². The highest BCUT2D eigenvalue weighted by Crippen LogP contribution is 2.23. The lowest BCUT2D eigenvalue weighted by atomic mass is 10.2. The van der Waals surface area contributed by atoms with E-state index < -0.39 is 5.82 Å². The molecule has 16 heavy (non-hydrogen) atoms. The van der Waals surface area contributed by atoms with E-state index in [1.165, 1.54) is 25.4 Å². The lowest BCUT2D eigenvalue weighted by Gasteiger charge is -2.04. The van der Waals surface area contributed by atoms with Crippen molar-refractivity contribution in [3.05, 3.63) is 41.4 Å². The summed E-state index contributed by atoms with van der Waals surface area (Å²) in [7, 11) is 1.41. The van der Waals surface area contributed by atoms with Gasteiger partial charge < -0.3 is 4.74 Å². The summed E-state index contributed by atoms with van der Waals surface area (Å²) in [6.45, 7) is 0. The minimum Gasteiger partial charge on any atom is -0.494 e. The smallest absolute Gasteiger partial charge is 0.165 e. The number of hydrogen-bond donors (Lipinski definition) is 0. The van der Waals surface area contributed by atoms with E-state index in [-0.39, 0.29) is 5.75 Å². The number of aromatic nitrogens is 2. The Hall–Kier alpha value is -1.68. The highest BCUT2D eigenvalue weighted by atomic mass is 35.5. The highest BCUT2D eigenvalue weighted by Gasteiger charge is 2.07. The van der Waals surface area contributed by atoms with Crippen LogP contribution >= 0.6 is 11.6 Å². The average molecular weight is 239 g/mol. The monoisotopic (exact) mass is 238 g/mol. The molecule has 0 radical (unpaired) electrons. The molecule has 5 heteroatoms. The summed E-state index contributed by atoms with van der Waals surface area (Å²) in [5.74, 6) is 0.114. The molecule has 0 atom stereocenters. The third-order valence-electron chi connectivity index (χ3n) is 2.03. The number of halogens is 2. The Morgan fingerprint density at radius 1 is 1.31 bits per heavy atom. The van der Waals surface area contributed by atoms with Gasteiger partial charge in [-0.15, -0.1) is 0 Å². The van der Waals surface area contributed by atoms with E-state index in [0.29, 0.717) is 16.5 Å².